The lowest BCUT2D eigenvalue weighted by Crippen LogP contribution is -1.96. The first-order valence-electron chi connectivity index (χ1n) is 5.47. The van der Waals surface area contributed by atoms with Crippen LogP contribution >= 0.6 is 27.3 Å². The van der Waals surface area contributed by atoms with Gasteiger partial charge in [0, 0.05) is 15.3 Å². The zero-order chi connectivity index (χ0) is 12.4. The second-order valence-electron chi connectivity index (χ2n) is 3.97. The largest absolute Gasteiger partial charge is 0.496 e. The van der Waals surface area contributed by atoms with Crippen LogP contribution < -0.4 is 4.74 Å². The number of benzene rings is 1. The van der Waals surface area contributed by atoms with Gasteiger partial charge in [0.1, 0.15) is 5.75 Å². The van der Waals surface area contributed by atoms with Crippen LogP contribution in [0, 0.1) is 13.8 Å². The Morgan fingerprint density at radius 1 is 1.18 bits per heavy atom. The van der Waals surface area contributed by atoms with E-state index in [-0.39, 0.29) is 4.83 Å². The van der Waals surface area contributed by atoms with Gasteiger partial charge in [-0.1, -0.05) is 34.1 Å². The lowest BCUT2D eigenvalue weighted by Gasteiger charge is -2.14. The molecule has 0 saturated heterocycles. The minimum absolute atomic E-state index is 0.198. The van der Waals surface area contributed by atoms with E-state index in [1.165, 1.54) is 20.9 Å². The summed E-state index contributed by atoms with van der Waals surface area (Å²) in [7, 11) is 1.71. The molecule has 1 aromatic heterocycles. The maximum absolute atomic E-state index is 5.41. The van der Waals surface area contributed by atoms with Crippen molar-refractivity contribution in [3.05, 3.63) is 51.2 Å². The molecule has 0 aliphatic rings. The highest BCUT2D eigenvalue weighted by molar-refractivity contribution is 9.09. The van der Waals surface area contributed by atoms with Gasteiger partial charge in [-0.2, -0.15) is 0 Å². The Kier molecular flexibility index (Phi) is 3.89. The summed E-state index contributed by atoms with van der Waals surface area (Å²) in [4.78, 5) is 2.90. The average molecular weight is 311 g/mol. The molecule has 1 heterocycles. The second kappa shape index (κ2) is 5.23. The highest BCUT2D eigenvalue weighted by Gasteiger charge is 2.18. The van der Waals surface area contributed by atoms with Crippen LogP contribution in [0.1, 0.15) is 25.7 Å². The Hall–Kier alpha value is -0.800. The molecule has 1 atom stereocenters. The van der Waals surface area contributed by atoms with E-state index in [0.29, 0.717) is 0 Å². The van der Waals surface area contributed by atoms with E-state index in [2.05, 4.69) is 41.9 Å². The highest BCUT2D eigenvalue weighted by Crippen LogP contribution is 2.40. The standard InChI is InChI=1S/C14H15BrOS/c1-9-8-12(10(2)17-9)14(15)11-6-4-5-7-13(11)16-3/h4-8,14H,1-3H3. The molecule has 3 heteroatoms. The Morgan fingerprint density at radius 2 is 1.88 bits per heavy atom. The number of rotatable bonds is 3. The number of para-hydroxylation sites is 1. The molecular formula is C14H15BrOS. The summed E-state index contributed by atoms with van der Waals surface area (Å²) in [6.07, 6.45) is 0. The van der Waals surface area contributed by atoms with Gasteiger partial charge in [0.05, 0.1) is 11.9 Å². The average Bonchev–Trinajstić information content (AvgIpc) is 2.67. The van der Waals surface area contributed by atoms with Crippen LogP contribution in [0.4, 0.5) is 0 Å². The molecule has 90 valence electrons. The van der Waals surface area contributed by atoms with Crippen molar-refractivity contribution in [1.82, 2.24) is 0 Å². The van der Waals surface area contributed by atoms with Gasteiger partial charge in [-0.25, -0.2) is 0 Å². The zero-order valence-electron chi connectivity index (χ0n) is 10.2. The van der Waals surface area contributed by atoms with Gasteiger partial charge in [0.2, 0.25) is 0 Å². The van der Waals surface area contributed by atoms with Gasteiger partial charge in [-0.05, 0) is 31.5 Å². The number of alkyl halides is 1. The fourth-order valence-corrected chi connectivity index (χ4v) is 3.91. The van der Waals surface area contributed by atoms with E-state index in [9.17, 15) is 0 Å². The quantitative estimate of drug-likeness (QED) is 0.736. The van der Waals surface area contributed by atoms with E-state index in [1.54, 1.807) is 7.11 Å². The molecular weight excluding hydrogens is 296 g/mol. The van der Waals surface area contributed by atoms with Crippen molar-refractivity contribution in [3.63, 3.8) is 0 Å². The number of aryl methyl sites for hydroxylation is 2. The molecule has 0 spiro atoms. The summed E-state index contributed by atoms with van der Waals surface area (Å²) >= 11 is 5.61. The summed E-state index contributed by atoms with van der Waals surface area (Å²) in [6.45, 7) is 4.31. The van der Waals surface area contributed by atoms with Crippen molar-refractivity contribution < 1.29 is 4.74 Å². The van der Waals surface area contributed by atoms with E-state index < -0.39 is 0 Å². The van der Waals surface area contributed by atoms with Gasteiger partial charge < -0.3 is 4.74 Å². The summed E-state index contributed by atoms with van der Waals surface area (Å²) in [5, 5.41) is 0. The molecule has 0 bridgehead atoms. The summed E-state index contributed by atoms with van der Waals surface area (Å²) in [5.74, 6) is 0.928. The maximum Gasteiger partial charge on any atom is 0.123 e. The van der Waals surface area contributed by atoms with E-state index >= 15 is 0 Å². The minimum Gasteiger partial charge on any atom is -0.496 e. The Bertz CT molecular complexity index is 519. The predicted octanol–water partition coefficient (Wildman–Crippen LogP) is 4.86. The van der Waals surface area contributed by atoms with E-state index in [0.717, 1.165) is 5.75 Å². The van der Waals surface area contributed by atoms with Crippen LogP contribution in [0.3, 0.4) is 0 Å². The number of halogens is 1. The summed E-state index contributed by atoms with van der Waals surface area (Å²) in [5.41, 5.74) is 2.51. The fourth-order valence-electron chi connectivity index (χ4n) is 1.95. The smallest absolute Gasteiger partial charge is 0.123 e. The lowest BCUT2D eigenvalue weighted by atomic mass is 10.0. The molecule has 1 unspecified atom stereocenters. The van der Waals surface area contributed by atoms with Crippen molar-refractivity contribution >= 4 is 27.3 Å². The monoisotopic (exact) mass is 310 g/mol. The van der Waals surface area contributed by atoms with Gasteiger partial charge in [-0.3, -0.25) is 0 Å². The molecule has 0 radical (unpaired) electrons. The molecule has 0 amide bonds. The molecule has 2 aromatic rings. The normalized spacial score (nSPS) is 12.5. The Labute approximate surface area is 115 Å². The third-order valence-electron chi connectivity index (χ3n) is 2.76. The van der Waals surface area contributed by atoms with Crippen molar-refractivity contribution in [2.24, 2.45) is 0 Å². The number of methoxy groups -OCH3 is 1. The van der Waals surface area contributed by atoms with Gasteiger partial charge >= 0.3 is 0 Å². The number of thiophene rings is 1. The molecule has 1 aromatic carbocycles. The van der Waals surface area contributed by atoms with Gasteiger partial charge in [0.25, 0.3) is 0 Å². The van der Waals surface area contributed by atoms with Gasteiger partial charge in [-0.15, -0.1) is 11.3 Å². The topological polar surface area (TPSA) is 9.23 Å². The second-order valence-corrected chi connectivity index (χ2v) is 6.35. The third kappa shape index (κ3) is 2.55. The van der Waals surface area contributed by atoms with Crippen LogP contribution in [-0.4, -0.2) is 7.11 Å². The molecule has 0 aliphatic carbocycles. The van der Waals surface area contributed by atoms with Crippen molar-refractivity contribution in [1.29, 1.82) is 0 Å². The Balaban J connectivity index is 2.43. The zero-order valence-corrected chi connectivity index (χ0v) is 12.6. The lowest BCUT2D eigenvalue weighted by molar-refractivity contribution is 0.410. The predicted molar refractivity (Wildman–Crippen MR) is 77.6 cm³/mol. The number of hydrogen-bond acceptors (Lipinski definition) is 2. The molecule has 0 aliphatic heterocycles. The first-order chi connectivity index (χ1) is 8.13. The van der Waals surface area contributed by atoms with E-state index in [4.69, 9.17) is 4.74 Å². The molecule has 0 fully saturated rings. The van der Waals surface area contributed by atoms with Crippen LogP contribution in [-0.2, 0) is 0 Å². The maximum atomic E-state index is 5.41. The van der Waals surface area contributed by atoms with Crippen LogP contribution in [0.25, 0.3) is 0 Å². The van der Waals surface area contributed by atoms with Crippen molar-refractivity contribution in [2.75, 3.05) is 7.11 Å². The van der Waals surface area contributed by atoms with Gasteiger partial charge in [0.15, 0.2) is 0 Å². The van der Waals surface area contributed by atoms with Crippen molar-refractivity contribution in [2.45, 2.75) is 18.7 Å². The molecule has 17 heavy (non-hydrogen) atoms. The Morgan fingerprint density at radius 3 is 2.47 bits per heavy atom. The fraction of sp³-hybridized carbons (Fsp3) is 0.286. The van der Waals surface area contributed by atoms with E-state index in [1.807, 2.05) is 29.5 Å². The molecule has 0 N–H and O–H groups in total. The highest BCUT2D eigenvalue weighted by atomic mass is 79.9. The molecule has 1 nitrogen and oxygen atoms in total. The minimum atomic E-state index is 0.198. The molecule has 2 rings (SSSR count). The number of hydrogen-bond donors (Lipinski definition) is 0. The van der Waals surface area contributed by atoms with Crippen LogP contribution in [0.2, 0.25) is 0 Å². The summed E-state index contributed by atoms with van der Waals surface area (Å²) < 4.78 is 5.41. The third-order valence-corrected chi connectivity index (χ3v) is 4.73. The molecule has 0 saturated carbocycles. The first-order valence-corrected chi connectivity index (χ1v) is 7.20. The van der Waals surface area contributed by atoms with Crippen LogP contribution in [0.5, 0.6) is 5.75 Å². The van der Waals surface area contributed by atoms with Crippen LogP contribution in [0.15, 0.2) is 30.3 Å². The number of ether oxygens (including phenoxy) is 1. The first kappa shape index (κ1) is 12.7. The SMILES string of the molecule is COc1ccccc1C(Br)c1cc(C)sc1C. The summed E-state index contributed by atoms with van der Waals surface area (Å²) in [6, 6.07) is 10.4. The van der Waals surface area contributed by atoms with Crippen molar-refractivity contribution in [3.8, 4) is 5.75 Å².